The summed E-state index contributed by atoms with van der Waals surface area (Å²) >= 11 is 3.39. The van der Waals surface area contributed by atoms with Gasteiger partial charge in [0, 0.05) is 29.3 Å². The lowest BCUT2D eigenvalue weighted by Crippen LogP contribution is -2.33. The van der Waals surface area contributed by atoms with Crippen LogP contribution in [-0.4, -0.2) is 44.1 Å². The quantitative estimate of drug-likeness (QED) is 0.818. The minimum absolute atomic E-state index is 0.0821. The standard InChI is InChI=1S/C14H16BrNO4S/c1-16(12-6-7-21(19,20)9-12)13-8-11(15)4-2-10(13)3-5-14(17)18/h2-5,8,12H,6-7,9H2,1H3,(H,17,18)/b5-3+. The van der Waals surface area contributed by atoms with Crippen LogP contribution in [0, 0.1) is 0 Å². The van der Waals surface area contributed by atoms with Crippen molar-refractivity contribution in [2.75, 3.05) is 23.5 Å². The van der Waals surface area contributed by atoms with Crippen LogP contribution in [0.1, 0.15) is 12.0 Å². The highest BCUT2D eigenvalue weighted by Crippen LogP contribution is 2.29. The summed E-state index contributed by atoms with van der Waals surface area (Å²) in [5, 5.41) is 8.75. The number of halogens is 1. The molecule has 2 rings (SSSR count). The maximum absolute atomic E-state index is 11.6. The van der Waals surface area contributed by atoms with Gasteiger partial charge in [-0.3, -0.25) is 0 Å². The highest BCUT2D eigenvalue weighted by atomic mass is 79.9. The van der Waals surface area contributed by atoms with E-state index in [9.17, 15) is 13.2 Å². The van der Waals surface area contributed by atoms with Gasteiger partial charge >= 0.3 is 5.97 Å². The average Bonchev–Trinajstić information content (AvgIpc) is 2.76. The van der Waals surface area contributed by atoms with Crippen LogP contribution in [-0.2, 0) is 14.6 Å². The molecule has 0 radical (unpaired) electrons. The summed E-state index contributed by atoms with van der Waals surface area (Å²) in [5.74, 6) is -0.677. The Balaban J connectivity index is 2.33. The molecule has 1 atom stereocenters. The van der Waals surface area contributed by atoms with Gasteiger partial charge in [-0.1, -0.05) is 22.0 Å². The van der Waals surface area contributed by atoms with Gasteiger partial charge < -0.3 is 10.0 Å². The van der Waals surface area contributed by atoms with E-state index in [-0.39, 0.29) is 17.5 Å². The van der Waals surface area contributed by atoms with E-state index in [1.807, 2.05) is 24.1 Å². The second-order valence-corrected chi connectivity index (χ2v) is 8.19. The fourth-order valence-electron chi connectivity index (χ4n) is 2.40. The Kier molecular flexibility index (Phi) is 4.73. The third-order valence-electron chi connectivity index (χ3n) is 3.53. The highest BCUT2D eigenvalue weighted by Gasteiger charge is 2.31. The van der Waals surface area contributed by atoms with Crippen molar-refractivity contribution in [2.24, 2.45) is 0 Å². The van der Waals surface area contributed by atoms with E-state index in [1.165, 1.54) is 6.08 Å². The largest absolute Gasteiger partial charge is 0.478 e. The molecule has 1 N–H and O–H groups in total. The molecule has 0 aliphatic carbocycles. The van der Waals surface area contributed by atoms with Gasteiger partial charge in [0.2, 0.25) is 0 Å². The molecule has 114 valence electrons. The Morgan fingerprint density at radius 1 is 1.48 bits per heavy atom. The summed E-state index contributed by atoms with van der Waals surface area (Å²) < 4.78 is 24.1. The zero-order chi connectivity index (χ0) is 15.6. The Morgan fingerprint density at radius 3 is 2.76 bits per heavy atom. The number of nitrogens with zero attached hydrogens (tertiary/aromatic N) is 1. The summed E-state index contributed by atoms with van der Waals surface area (Å²) in [6, 6.07) is 5.41. The van der Waals surface area contributed by atoms with Gasteiger partial charge in [-0.2, -0.15) is 0 Å². The van der Waals surface area contributed by atoms with Crippen LogP contribution in [0.2, 0.25) is 0 Å². The van der Waals surface area contributed by atoms with Crippen molar-refractivity contribution in [3.63, 3.8) is 0 Å². The minimum atomic E-state index is -2.96. The molecule has 1 heterocycles. The second-order valence-electron chi connectivity index (χ2n) is 5.04. The average molecular weight is 374 g/mol. The molecule has 1 fully saturated rings. The summed E-state index contributed by atoms with van der Waals surface area (Å²) in [7, 11) is -1.12. The first-order chi connectivity index (χ1) is 9.78. The Hall–Kier alpha value is -1.34. The molecule has 21 heavy (non-hydrogen) atoms. The molecule has 5 nitrogen and oxygen atoms in total. The lowest BCUT2D eigenvalue weighted by molar-refractivity contribution is -0.131. The van der Waals surface area contributed by atoms with E-state index in [2.05, 4.69) is 15.9 Å². The van der Waals surface area contributed by atoms with Crippen LogP contribution in [0.15, 0.2) is 28.7 Å². The third kappa shape index (κ3) is 4.07. The van der Waals surface area contributed by atoms with Gasteiger partial charge in [0.1, 0.15) is 0 Å². The molecule has 0 amide bonds. The Labute approximate surface area is 132 Å². The van der Waals surface area contributed by atoms with Crippen molar-refractivity contribution < 1.29 is 18.3 Å². The lowest BCUT2D eigenvalue weighted by Gasteiger charge is -2.27. The number of carbonyl (C=O) groups is 1. The van der Waals surface area contributed by atoms with Gasteiger partial charge in [0.05, 0.1) is 11.5 Å². The van der Waals surface area contributed by atoms with Crippen molar-refractivity contribution in [1.82, 2.24) is 0 Å². The number of sulfone groups is 1. The number of aliphatic carboxylic acids is 1. The highest BCUT2D eigenvalue weighted by molar-refractivity contribution is 9.10. The smallest absolute Gasteiger partial charge is 0.328 e. The van der Waals surface area contributed by atoms with Gasteiger partial charge in [0.15, 0.2) is 9.84 Å². The number of carboxylic acid groups (broad SMARTS) is 1. The molecule has 1 aliphatic heterocycles. The van der Waals surface area contributed by atoms with Gasteiger partial charge in [0.25, 0.3) is 0 Å². The molecular weight excluding hydrogens is 358 g/mol. The van der Waals surface area contributed by atoms with Crippen LogP contribution < -0.4 is 4.90 Å². The predicted octanol–water partition coefficient (Wildman–Crippen LogP) is 2.17. The molecule has 0 aromatic heterocycles. The van der Waals surface area contributed by atoms with Crippen LogP contribution in [0.3, 0.4) is 0 Å². The summed E-state index contributed by atoms with van der Waals surface area (Å²) in [6.45, 7) is 0. The second kappa shape index (κ2) is 6.19. The first-order valence-corrected chi connectivity index (χ1v) is 9.04. The van der Waals surface area contributed by atoms with E-state index in [4.69, 9.17) is 5.11 Å². The Bertz CT molecular complexity index is 684. The van der Waals surface area contributed by atoms with E-state index in [0.717, 1.165) is 21.8 Å². The summed E-state index contributed by atoms with van der Waals surface area (Å²) in [6.07, 6.45) is 3.18. The molecule has 1 saturated heterocycles. The van der Waals surface area contributed by atoms with Gasteiger partial charge in [-0.05, 0) is 30.2 Å². The van der Waals surface area contributed by atoms with Crippen LogP contribution in [0.4, 0.5) is 5.69 Å². The van der Waals surface area contributed by atoms with Crippen molar-refractivity contribution in [3.8, 4) is 0 Å². The molecule has 0 spiro atoms. The van der Waals surface area contributed by atoms with Crippen LogP contribution >= 0.6 is 15.9 Å². The molecule has 0 bridgehead atoms. The monoisotopic (exact) mass is 373 g/mol. The first-order valence-electron chi connectivity index (χ1n) is 6.42. The number of carboxylic acids is 1. The third-order valence-corrected chi connectivity index (χ3v) is 5.78. The molecule has 1 unspecified atom stereocenters. The fraction of sp³-hybridized carbons (Fsp3) is 0.357. The van der Waals surface area contributed by atoms with Gasteiger partial charge in [-0.25, -0.2) is 13.2 Å². The number of anilines is 1. The summed E-state index contributed by atoms with van der Waals surface area (Å²) in [4.78, 5) is 12.6. The summed E-state index contributed by atoms with van der Waals surface area (Å²) in [5.41, 5.74) is 1.55. The minimum Gasteiger partial charge on any atom is -0.478 e. The topological polar surface area (TPSA) is 74.7 Å². The molecule has 1 aromatic rings. The van der Waals surface area contributed by atoms with E-state index < -0.39 is 15.8 Å². The molecule has 0 saturated carbocycles. The number of rotatable bonds is 4. The zero-order valence-corrected chi connectivity index (χ0v) is 13.9. The molecular formula is C14H16BrNO4S. The zero-order valence-electron chi connectivity index (χ0n) is 11.5. The van der Waals surface area contributed by atoms with Gasteiger partial charge in [-0.15, -0.1) is 0 Å². The van der Waals surface area contributed by atoms with E-state index in [1.54, 1.807) is 6.07 Å². The maximum atomic E-state index is 11.6. The maximum Gasteiger partial charge on any atom is 0.328 e. The lowest BCUT2D eigenvalue weighted by atomic mass is 10.1. The molecule has 1 aromatic carbocycles. The van der Waals surface area contributed by atoms with Crippen LogP contribution in [0.25, 0.3) is 6.08 Å². The normalized spacial score (nSPS) is 20.8. The van der Waals surface area contributed by atoms with E-state index in [0.29, 0.717) is 6.42 Å². The molecule has 7 heteroatoms. The first kappa shape index (κ1) is 16.0. The van der Waals surface area contributed by atoms with Crippen molar-refractivity contribution >= 4 is 43.5 Å². The SMILES string of the molecule is CN(c1cc(Br)ccc1/C=C/C(=O)O)C1CCS(=O)(=O)C1. The number of benzene rings is 1. The number of hydrogen-bond acceptors (Lipinski definition) is 4. The van der Waals surface area contributed by atoms with E-state index >= 15 is 0 Å². The van der Waals surface area contributed by atoms with Crippen molar-refractivity contribution in [3.05, 3.63) is 34.3 Å². The number of hydrogen-bond donors (Lipinski definition) is 1. The fourth-order valence-corrected chi connectivity index (χ4v) is 4.53. The molecule has 1 aliphatic rings. The predicted molar refractivity (Wildman–Crippen MR) is 86.3 cm³/mol. The van der Waals surface area contributed by atoms with Crippen LogP contribution in [0.5, 0.6) is 0 Å². The van der Waals surface area contributed by atoms with Crippen molar-refractivity contribution in [1.29, 1.82) is 0 Å². The van der Waals surface area contributed by atoms with Crippen molar-refractivity contribution in [2.45, 2.75) is 12.5 Å². The Morgan fingerprint density at radius 2 is 2.19 bits per heavy atom.